The summed E-state index contributed by atoms with van der Waals surface area (Å²) in [5.41, 5.74) is 1.28. The van der Waals surface area contributed by atoms with Crippen LogP contribution in [0.15, 0.2) is 29.1 Å². The molecule has 0 spiro atoms. The molecule has 0 saturated carbocycles. The van der Waals surface area contributed by atoms with E-state index in [-0.39, 0.29) is 24.2 Å². The van der Waals surface area contributed by atoms with Gasteiger partial charge in [0.15, 0.2) is 0 Å². The number of amides is 1. The number of likely N-dealkylation sites (tertiary alicyclic amines) is 1. The van der Waals surface area contributed by atoms with Crippen molar-refractivity contribution in [1.29, 1.82) is 0 Å². The summed E-state index contributed by atoms with van der Waals surface area (Å²) in [4.78, 5) is 29.3. The Hall–Kier alpha value is -2.08. The molecule has 6 heteroatoms. The van der Waals surface area contributed by atoms with E-state index < -0.39 is 0 Å². The molecule has 0 aliphatic carbocycles. The van der Waals surface area contributed by atoms with Crippen LogP contribution >= 0.6 is 0 Å². The zero-order valence-electron chi connectivity index (χ0n) is 13.5. The van der Waals surface area contributed by atoms with Gasteiger partial charge in [-0.2, -0.15) is 0 Å². The van der Waals surface area contributed by atoms with Gasteiger partial charge in [-0.05, 0) is 31.4 Å². The van der Waals surface area contributed by atoms with Gasteiger partial charge < -0.3 is 14.6 Å². The number of fused-ring (bicyclic) bond motifs is 1. The van der Waals surface area contributed by atoms with Gasteiger partial charge in [-0.15, -0.1) is 0 Å². The minimum atomic E-state index is -0.240. The molecular weight excluding hydrogens is 294 g/mol. The topological polar surface area (TPSA) is 67.3 Å². The van der Waals surface area contributed by atoms with E-state index in [9.17, 15) is 9.59 Å². The van der Waals surface area contributed by atoms with Crippen LogP contribution in [0.3, 0.4) is 0 Å². The molecule has 0 bridgehead atoms. The number of rotatable bonds is 5. The molecule has 1 atom stereocenters. The van der Waals surface area contributed by atoms with Crippen LogP contribution < -0.4 is 5.69 Å². The number of nitrogens with zero attached hydrogens (tertiary/aromatic N) is 2. The van der Waals surface area contributed by atoms with E-state index in [1.54, 1.807) is 0 Å². The first-order chi connectivity index (χ1) is 11.2. The second kappa shape index (κ2) is 7.00. The Morgan fingerprint density at radius 1 is 1.39 bits per heavy atom. The quantitative estimate of drug-likeness (QED) is 0.913. The van der Waals surface area contributed by atoms with Gasteiger partial charge in [0.1, 0.15) is 6.54 Å². The van der Waals surface area contributed by atoms with Crippen LogP contribution in [0.25, 0.3) is 11.0 Å². The molecule has 1 aromatic heterocycles. The molecule has 1 aliphatic heterocycles. The number of aromatic nitrogens is 2. The maximum atomic E-state index is 12.6. The van der Waals surface area contributed by atoms with E-state index in [0.717, 1.165) is 43.4 Å². The van der Waals surface area contributed by atoms with Gasteiger partial charge >= 0.3 is 5.69 Å². The third-order valence-electron chi connectivity index (χ3n) is 4.26. The minimum absolute atomic E-state index is 0.0262. The average molecular weight is 317 g/mol. The Kier molecular flexibility index (Phi) is 4.81. The molecule has 124 valence electrons. The number of nitrogens with one attached hydrogen (secondary N) is 1. The van der Waals surface area contributed by atoms with Gasteiger partial charge in [-0.3, -0.25) is 9.36 Å². The Morgan fingerprint density at radius 2 is 2.22 bits per heavy atom. The normalized spacial score (nSPS) is 18.5. The highest BCUT2D eigenvalue weighted by atomic mass is 16.5. The molecule has 6 nitrogen and oxygen atoms in total. The summed E-state index contributed by atoms with van der Waals surface area (Å²) in [5.74, 6) is -0.0262. The first-order valence-corrected chi connectivity index (χ1v) is 8.26. The van der Waals surface area contributed by atoms with Crippen LogP contribution in [0.4, 0.5) is 0 Å². The zero-order chi connectivity index (χ0) is 16.2. The van der Waals surface area contributed by atoms with Crippen LogP contribution in [0.5, 0.6) is 0 Å². The van der Waals surface area contributed by atoms with E-state index in [1.165, 1.54) is 4.57 Å². The Balaban J connectivity index is 1.70. The van der Waals surface area contributed by atoms with Crippen molar-refractivity contribution in [2.45, 2.75) is 38.8 Å². The number of carbonyl (C=O) groups is 1. The van der Waals surface area contributed by atoms with Gasteiger partial charge in [0.05, 0.1) is 17.1 Å². The molecule has 1 aromatic carbocycles. The third kappa shape index (κ3) is 3.47. The Morgan fingerprint density at radius 3 is 3.04 bits per heavy atom. The molecule has 3 rings (SSSR count). The molecule has 1 saturated heterocycles. The number of carbonyl (C=O) groups excluding carboxylic acids is 1. The molecule has 1 amide bonds. The fourth-order valence-corrected chi connectivity index (χ4v) is 3.08. The van der Waals surface area contributed by atoms with Gasteiger partial charge in [-0.25, -0.2) is 4.79 Å². The summed E-state index contributed by atoms with van der Waals surface area (Å²) in [6.07, 6.45) is 3.04. The Bertz CT molecular complexity index is 734. The number of aromatic amines is 1. The molecule has 1 fully saturated rings. The number of benzene rings is 1. The van der Waals surface area contributed by atoms with Crippen molar-refractivity contribution in [1.82, 2.24) is 14.5 Å². The SMILES string of the molecule is CCCOC1CCCN(C(=O)Cn2c(=O)[nH]c3ccccc32)C1. The van der Waals surface area contributed by atoms with Crippen molar-refractivity contribution in [3.05, 3.63) is 34.7 Å². The molecule has 1 N–H and O–H groups in total. The van der Waals surface area contributed by atoms with E-state index in [1.807, 2.05) is 29.2 Å². The highest BCUT2D eigenvalue weighted by Crippen LogP contribution is 2.15. The summed E-state index contributed by atoms with van der Waals surface area (Å²) in [5, 5.41) is 0. The number of imidazole rings is 1. The minimum Gasteiger partial charge on any atom is -0.376 e. The molecule has 2 aromatic rings. The van der Waals surface area contributed by atoms with Gasteiger partial charge in [0, 0.05) is 19.7 Å². The fourth-order valence-electron chi connectivity index (χ4n) is 3.08. The summed E-state index contributed by atoms with van der Waals surface area (Å²) < 4.78 is 7.28. The zero-order valence-corrected chi connectivity index (χ0v) is 13.5. The third-order valence-corrected chi connectivity index (χ3v) is 4.26. The van der Waals surface area contributed by atoms with Crippen LogP contribution in [0.1, 0.15) is 26.2 Å². The van der Waals surface area contributed by atoms with Crippen molar-refractivity contribution in [2.75, 3.05) is 19.7 Å². The molecule has 2 heterocycles. The lowest BCUT2D eigenvalue weighted by atomic mass is 10.1. The van der Waals surface area contributed by atoms with Crippen molar-refractivity contribution in [3.8, 4) is 0 Å². The fraction of sp³-hybridized carbons (Fsp3) is 0.529. The molecule has 23 heavy (non-hydrogen) atoms. The first kappa shape index (κ1) is 15.8. The highest BCUT2D eigenvalue weighted by Gasteiger charge is 2.24. The second-order valence-corrected chi connectivity index (χ2v) is 6.01. The van der Waals surface area contributed by atoms with E-state index in [2.05, 4.69) is 11.9 Å². The lowest BCUT2D eigenvalue weighted by Gasteiger charge is -2.32. The number of ether oxygens (including phenoxy) is 1. The van der Waals surface area contributed by atoms with Crippen LogP contribution in [0.2, 0.25) is 0 Å². The van der Waals surface area contributed by atoms with Crippen molar-refractivity contribution in [3.63, 3.8) is 0 Å². The number of hydrogen-bond donors (Lipinski definition) is 1. The smallest absolute Gasteiger partial charge is 0.326 e. The molecule has 1 unspecified atom stereocenters. The predicted octanol–water partition coefficient (Wildman–Crippen LogP) is 1.75. The predicted molar refractivity (Wildman–Crippen MR) is 88.4 cm³/mol. The molecular formula is C17H23N3O3. The van der Waals surface area contributed by atoms with Gasteiger partial charge in [0.2, 0.25) is 5.91 Å². The average Bonchev–Trinajstić information content (AvgIpc) is 2.89. The van der Waals surface area contributed by atoms with Crippen molar-refractivity contribution in [2.24, 2.45) is 0 Å². The van der Waals surface area contributed by atoms with Crippen molar-refractivity contribution < 1.29 is 9.53 Å². The summed E-state index contributed by atoms with van der Waals surface area (Å²) in [6.45, 7) is 4.24. The van der Waals surface area contributed by atoms with E-state index in [4.69, 9.17) is 4.74 Å². The van der Waals surface area contributed by atoms with E-state index >= 15 is 0 Å². The molecule has 1 aliphatic rings. The number of H-pyrrole nitrogens is 1. The lowest BCUT2D eigenvalue weighted by molar-refractivity contribution is -0.136. The maximum absolute atomic E-state index is 12.6. The monoisotopic (exact) mass is 317 g/mol. The first-order valence-electron chi connectivity index (χ1n) is 8.26. The number of piperidine rings is 1. The highest BCUT2D eigenvalue weighted by molar-refractivity contribution is 5.80. The van der Waals surface area contributed by atoms with Crippen LogP contribution in [-0.2, 0) is 16.1 Å². The summed E-state index contributed by atoms with van der Waals surface area (Å²) in [7, 11) is 0. The van der Waals surface area contributed by atoms with Crippen LogP contribution in [-0.4, -0.2) is 46.2 Å². The van der Waals surface area contributed by atoms with Crippen molar-refractivity contribution >= 4 is 16.9 Å². The van der Waals surface area contributed by atoms with E-state index in [0.29, 0.717) is 6.54 Å². The Labute approximate surface area is 135 Å². The maximum Gasteiger partial charge on any atom is 0.326 e. The van der Waals surface area contributed by atoms with Gasteiger partial charge in [0.25, 0.3) is 0 Å². The lowest BCUT2D eigenvalue weighted by Crippen LogP contribution is -2.45. The number of para-hydroxylation sites is 2. The van der Waals surface area contributed by atoms with Gasteiger partial charge in [-0.1, -0.05) is 19.1 Å². The number of hydrogen-bond acceptors (Lipinski definition) is 3. The van der Waals surface area contributed by atoms with Crippen LogP contribution in [0, 0.1) is 0 Å². The molecule has 0 radical (unpaired) electrons. The second-order valence-electron chi connectivity index (χ2n) is 6.01. The summed E-state index contributed by atoms with van der Waals surface area (Å²) in [6, 6.07) is 7.42. The standard InChI is InChI=1S/C17H23N3O3/c1-2-10-23-13-6-5-9-19(11-13)16(21)12-20-15-8-4-3-7-14(15)18-17(20)22/h3-4,7-8,13H,2,5-6,9-12H2,1H3,(H,18,22). The largest absolute Gasteiger partial charge is 0.376 e. The summed E-state index contributed by atoms with van der Waals surface area (Å²) >= 11 is 0.